The van der Waals surface area contributed by atoms with E-state index in [1.54, 1.807) is 12.1 Å². The number of nitro benzene ring substituents is 1. The van der Waals surface area contributed by atoms with Crippen molar-refractivity contribution in [2.24, 2.45) is 5.73 Å². The first-order chi connectivity index (χ1) is 10.1. The van der Waals surface area contributed by atoms with E-state index in [0.717, 1.165) is 50.2 Å². The molecule has 2 rings (SSSR count). The monoisotopic (exact) mass is 293 g/mol. The lowest BCUT2D eigenvalue weighted by atomic mass is 10.0. The van der Waals surface area contributed by atoms with E-state index in [1.165, 1.54) is 0 Å². The molecule has 116 valence electrons. The molecule has 1 saturated heterocycles. The van der Waals surface area contributed by atoms with Gasteiger partial charge in [0.05, 0.1) is 16.6 Å². The fourth-order valence-corrected chi connectivity index (χ4v) is 2.75. The highest BCUT2D eigenvalue weighted by Gasteiger charge is 2.23. The van der Waals surface area contributed by atoms with Gasteiger partial charge in [0.2, 0.25) is 0 Å². The van der Waals surface area contributed by atoms with Crippen LogP contribution < -0.4 is 10.6 Å². The van der Waals surface area contributed by atoms with Crippen molar-refractivity contribution in [1.29, 1.82) is 0 Å². The minimum atomic E-state index is -0.318. The van der Waals surface area contributed by atoms with Crippen LogP contribution in [0.3, 0.4) is 0 Å². The molecule has 2 N–H and O–H groups in total. The minimum absolute atomic E-state index is 0.189. The molecule has 6 heteroatoms. The van der Waals surface area contributed by atoms with Crippen LogP contribution in [0.1, 0.15) is 24.8 Å². The molecular weight excluding hydrogens is 270 g/mol. The Morgan fingerprint density at radius 1 is 1.43 bits per heavy atom. The average molecular weight is 293 g/mol. The largest absolute Gasteiger partial charge is 0.378 e. The maximum atomic E-state index is 11.0. The van der Waals surface area contributed by atoms with Crippen molar-refractivity contribution >= 4 is 11.4 Å². The molecule has 1 aliphatic heterocycles. The summed E-state index contributed by atoms with van der Waals surface area (Å²) < 4.78 is 5.78. The van der Waals surface area contributed by atoms with Crippen LogP contribution in [0, 0.1) is 17.0 Å². The fourth-order valence-electron chi connectivity index (χ4n) is 2.75. The van der Waals surface area contributed by atoms with E-state index in [-0.39, 0.29) is 16.7 Å². The van der Waals surface area contributed by atoms with Crippen LogP contribution in [0.4, 0.5) is 11.4 Å². The van der Waals surface area contributed by atoms with E-state index in [9.17, 15) is 10.1 Å². The standard InChI is InChI=1S/C15H23N3O3/c1-12-14(4-2-5-15(12)18(19)20)17-9-6-13(7-10-17)21-11-3-8-16/h2,4-5,13H,3,6-11,16H2,1H3. The van der Waals surface area contributed by atoms with Gasteiger partial charge in [0.15, 0.2) is 0 Å². The average Bonchev–Trinajstić information content (AvgIpc) is 2.48. The second kappa shape index (κ2) is 7.38. The number of rotatable bonds is 6. The Morgan fingerprint density at radius 3 is 2.76 bits per heavy atom. The molecule has 21 heavy (non-hydrogen) atoms. The number of anilines is 1. The highest BCUT2D eigenvalue weighted by Crippen LogP contribution is 2.30. The third-order valence-corrected chi connectivity index (χ3v) is 3.96. The summed E-state index contributed by atoms with van der Waals surface area (Å²) in [6.07, 6.45) is 3.08. The predicted molar refractivity (Wildman–Crippen MR) is 82.7 cm³/mol. The van der Waals surface area contributed by atoms with Gasteiger partial charge < -0.3 is 15.4 Å². The lowest BCUT2D eigenvalue weighted by Gasteiger charge is -2.34. The first-order valence-electron chi connectivity index (χ1n) is 7.44. The Labute approximate surface area is 125 Å². The lowest BCUT2D eigenvalue weighted by molar-refractivity contribution is -0.385. The zero-order chi connectivity index (χ0) is 15.2. The predicted octanol–water partition coefficient (Wildman–Crippen LogP) is 2.24. The lowest BCUT2D eigenvalue weighted by Crippen LogP contribution is -2.37. The Kier molecular flexibility index (Phi) is 5.52. The first-order valence-corrected chi connectivity index (χ1v) is 7.44. The summed E-state index contributed by atoms with van der Waals surface area (Å²) in [6.45, 7) is 4.94. The van der Waals surface area contributed by atoms with Gasteiger partial charge in [-0.3, -0.25) is 10.1 Å². The zero-order valence-corrected chi connectivity index (χ0v) is 12.5. The number of nitro groups is 1. The molecule has 1 fully saturated rings. The van der Waals surface area contributed by atoms with Crippen molar-refractivity contribution in [1.82, 2.24) is 0 Å². The first kappa shape index (κ1) is 15.7. The normalized spacial score (nSPS) is 16.2. The summed E-state index contributed by atoms with van der Waals surface area (Å²) in [7, 11) is 0. The zero-order valence-electron chi connectivity index (χ0n) is 12.5. The number of hydrogen-bond donors (Lipinski definition) is 1. The minimum Gasteiger partial charge on any atom is -0.378 e. The molecule has 1 heterocycles. The van der Waals surface area contributed by atoms with Gasteiger partial charge in [-0.15, -0.1) is 0 Å². The van der Waals surface area contributed by atoms with Gasteiger partial charge in [0.1, 0.15) is 0 Å². The van der Waals surface area contributed by atoms with E-state index >= 15 is 0 Å². The van der Waals surface area contributed by atoms with E-state index in [1.807, 2.05) is 13.0 Å². The number of nitrogens with zero attached hydrogens (tertiary/aromatic N) is 2. The second-order valence-corrected chi connectivity index (χ2v) is 5.38. The number of hydrogen-bond acceptors (Lipinski definition) is 5. The van der Waals surface area contributed by atoms with Crippen molar-refractivity contribution in [2.45, 2.75) is 32.3 Å². The van der Waals surface area contributed by atoms with Gasteiger partial charge in [-0.05, 0) is 38.8 Å². The smallest absolute Gasteiger partial charge is 0.274 e. The molecule has 0 bridgehead atoms. The summed E-state index contributed by atoms with van der Waals surface area (Å²) in [4.78, 5) is 12.9. The Hall–Kier alpha value is -1.66. The van der Waals surface area contributed by atoms with E-state index in [4.69, 9.17) is 10.5 Å². The molecule has 0 atom stereocenters. The van der Waals surface area contributed by atoms with Crippen LogP contribution in [0.2, 0.25) is 0 Å². The molecule has 0 spiro atoms. The maximum absolute atomic E-state index is 11.0. The summed E-state index contributed by atoms with van der Waals surface area (Å²) in [5.74, 6) is 0. The molecule has 1 aromatic rings. The summed E-state index contributed by atoms with van der Waals surface area (Å²) in [5.41, 5.74) is 7.35. The van der Waals surface area contributed by atoms with Crippen LogP contribution in [0.5, 0.6) is 0 Å². The third-order valence-electron chi connectivity index (χ3n) is 3.96. The molecule has 0 aromatic heterocycles. The number of benzene rings is 1. The van der Waals surface area contributed by atoms with Crippen LogP contribution in [-0.4, -0.2) is 37.3 Å². The Bertz CT molecular complexity index is 485. The molecule has 1 aliphatic rings. The third kappa shape index (κ3) is 3.92. The number of ether oxygens (including phenoxy) is 1. The maximum Gasteiger partial charge on any atom is 0.274 e. The van der Waals surface area contributed by atoms with E-state index < -0.39 is 0 Å². The Morgan fingerprint density at radius 2 is 2.14 bits per heavy atom. The fraction of sp³-hybridized carbons (Fsp3) is 0.600. The molecule has 1 aromatic carbocycles. The van der Waals surface area contributed by atoms with Crippen LogP contribution >= 0.6 is 0 Å². The highest BCUT2D eigenvalue weighted by molar-refractivity contribution is 5.61. The van der Waals surface area contributed by atoms with Gasteiger partial charge in [-0.2, -0.15) is 0 Å². The SMILES string of the molecule is Cc1c(N2CCC(OCCCN)CC2)cccc1[N+](=O)[O-]. The number of nitrogens with two attached hydrogens (primary N) is 1. The topological polar surface area (TPSA) is 81.6 Å². The van der Waals surface area contributed by atoms with Gasteiger partial charge in [0.25, 0.3) is 5.69 Å². The molecule has 6 nitrogen and oxygen atoms in total. The van der Waals surface area contributed by atoms with Crippen molar-refractivity contribution in [3.05, 3.63) is 33.9 Å². The van der Waals surface area contributed by atoms with E-state index in [2.05, 4.69) is 4.90 Å². The highest BCUT2D eigenvalue weighted by atomic mass is 16.6. The molecular formula is C15H23N3O3. The van der Waals surface area contributed by atoms with Gasteiger partial charge in [-0.1, -0.05) is 6.07 Å². The summed E-state index contributed by atoms with van der Waals surface area (Å²) >= 11 is 0. The van der Waals surface area contributed by atoms with Crippen LogP contribution in [0.15, 0.2) is 18.2 Å². The van der Waals surface area contributed by atoms with Crippen molar-refractivity contribution < 1.29 is 9.66 Å². The van der Waals surface area contributed by atoms with Crippen molar-refractivity contribution in [2.75, 3.05) is 31.1 Å². The van der Waals surface area contributed by atoms with Gasteiger partial charge in [0, 0.05) is 31.5 Å². The molecule has 0 saturated carbocycles. The number of piperidine rings is 1. The summed E-state index contributed by atoms with van der Waals surface area (Å²) in [6, 6.07) is 5.27. The quantitative estimate of drug-likeness (QED) is 0.494. The van der Waals surface area contributed by atoms with Gasteiger partial charge in [-0.25, -0.2) is 0 Å². The second-order valence-electron chi connectivity index (χ2n) is 5.38. The van der Waals surface area contributed by atoms with Crippen LogP contribution in [0.25, 0.3) is 0 Å². The molecule has 0 unspecified atom stereocenters. The molecule has 0 amide bonds. The Balaban J connectivity index is 1.96. The van der Waals surface area contributed by atoms with Crippen molar-refractivity contribution in [3.8, 4) is 0 Å². The molecule has 0 radical (unpaired) electrons. The van der Waals surface area contributed by atoms with Crippen molar-refractivity contribution in [3.63, 3.8) is 0 Å². The summed E-state index contributed by atoms with van der Waals surface area (Å²) in [5, 5.41) is 11.0. The molecule has 0 aliphatic carbocycles. The van der Waals surface area contributed by atoms with E-state index in [0.29, 0.717) is 6.54 Å². The van der Waals surface area contributed by atoms with Gasteiger partial charge >= 0.3 is 0 Å². The van der Waals surface area contributed by atoms with Crippen LogP contribution in [-0.2, 0) is 4.74 Å².